The molecule has 0 radical (unpaired) electrons. The average Bonchev–Trinajstić information content (AvgIpc) is 2.79. The summed E-state index contributed by atoms with van der Waals surface area (Å²) < 4.78 is 1.96. The van der Waals surface area contributed by atoms with Crippen molar-refractivity contribution in [2.45, 2.75) is 13.5 Å². The van der Waals surface area contributed by atoms with Crippen molar-refractivity contribution in [3.8, 4) is 0 Å². The smallest absolute Gasteiger partial charge is 0.186 e. The predicted octanol–water partition coefficient (Wildman–Crippen LogP) is 1.94. The van der Waals surface area contributed by atoms with Crippen molar-refractivity contribution in [1.82, 2.24) is 4.57 Å². The number of hydrogen-bond acceptors (Lipinski definition) is 2. The first kappa shape index (κ1) is 11.3. The predicted molar refractivity (Wildman–Crippen MR) is 67.2 cm³/mol. The molecule has 88 valence electrons. The monoisotopic (exact) mass is 229 g/mol. The largest absolute Gasteiger partial charge is 0.409 e. The Bertz CT molecular complexity index is 543. The van der Waals surface area contributed by atoms with E-state index in [1.807, 2.05) is 35.0 Å². The van der Waals surface area contributed by atoms with Crippen LogP contribution < -0.4 is 5.73 Å². The topological polar surface area (TPSA) is 63.5 Å². The molecule has 0 saturated carbocycles. The van der Waals surface area contributed by atoms with Crippen molar-refractivity contribution in [2.75, 3.05) is 0 Å². The summed E-state index contributed by atoms with van der Waals surface area (Å²) in [6.07, 6.45) is 1.92. The van der Waals surface area contributed by atoms with E-state index < -0.39 is 0 Å². The van der Waals surface area contributed by atoms with E-state index in [9.17, 15) is 0 Å². The number of hydrogen-bond donors (Lipinski definition) is 2. The first-order chi connectivity index (χ1) is 8.22. The number of aromatic nitrogens is 1. The Morgan fingerprint density at radius 2 is 2.06 bits per heavy atom. The molecule has 0 saturated heterocycles. The van der Waals surface area contributed by atoms with Gasteiger partial charge in [0.2, 0.25) is 0 Å². The highest BCUT2D eigenvalue weighted by Gasteiger charge is 2.06. The quantitative estimate of drug-likeness (QED) is 0.365. The number of amidine groups is 1. The van der Waals surface area contributed by atoms with Gasteiger partial charge in [-0.2, -0.15) is 0 Å². The molecule has 2 rings (SSSR count). The lowest BCUT2D eigenvalue weighted by molar-refractivity contribution is 0.318. The van der Waals surface area contributed by atoms with Gasteiger partial charge in [0.25, 0.3) is 0 Å². The van der Waals surface area contributed by atoms with Gasteiger partial charge >= 0.3 is 0 Å². The highest BCUT2D eigenvalue weighted by Crippen LogP contribution is 2.11. The third-order valence-electron chi connectivity index (χ3n) is 2.80. The first-order valence-electron chi connectivity index (χ1n) is 5.40. The molecule has 4 heteroatoms. The molecule has 2 aromatic rings. The van der Waals surface area contributed by atoms with Crippen molar-refractivity contribution >= 4 is 5.84 Å². The molecular formula is C13H15N3O. The third kappa shape index (κ3) is 2.30. The van der Waals surface area contributed by atoms with Crippen LogP contribution in [0.1, 0.15) is 16.8 Å². The fourth-order valence-electron chi connectivity index (χ4n) is 1.81. The summed E-state index contributed by atoms with van der Waals surface area (Å²) >= 11 is 0. The lowest BCUT2D eigenvalue weighted by Gasteiger charge is -2.10. The minimum atomic E-state index is 0.128. The van der Waals surface area contributed by atoms with Crippen LogP contribution in [0.3, 0.4) is 0 Å². The Morgan fingerprint density at radius 3 is 2.76 bits per heavy atom. The zero-order valence-electron chi connectivity index (χ0n) is 9.67. The lowest BCUT2D eigenvalue weighted by Crippen LogP contribution is -2.18. The summed E-state index contributed by atoms with van der Waals surface area (Å²) in [6, 6.07) is 11.9. The van der Waals surface area contributed by atoms with Gasteiger partial charge in [0.15, 0.2) is 5.84 Å². The van der Waals surface area contributed by atoms with E-state index in [0.717, 1.165) is 5.69 Å². The molecule has 0 fully saturated rings. The van der Waals surface area contributed by atoms with Crippen LogP contribution in [0.2, 0.25) is 0 Å². The number of rotatable bonds is 3. The highest BCUT2D eigenvalue weighted by molar-refractivity contribution is 5.95. The number of benzene rings is 1. The zero-order valence-corrected chi connectivity index (χ0v) is 9.67. The molecule has 1 aromatic carbocycles. The zero-order chi connectivity index (χ0) is 12.3. The Morgan fingerprint density at radius 1 is 1.29 bits per heavy atom. The van der Waals surface area contributed by atoms with Gasteiger partial charge in [-0.3, -0.25) is 0 Å². The minimum Gasteiger partial charge on any atom is -0.409 e. The molecule has 0 aliphatic carbocycles. The molecule has 0 spiro atoms. The van der Waals surface area contributed by atoms with Crippen LogP contribution in [0.5, 0.6) is 0 Å². The van der Waals surface area contributed by atoms with Crippen molar-refractivity contribution in [3.63, 3.8) is 0 Å². The summed E-state index contributed by atoms with van der Waals surface area (Å²) in [5, 5.41) is 11.7. The van der Waals surface area contributed by atoms with E-state index in [-0.39, 0.29) is 5.84 Å². The maximum absolute atomic E-state index is 8.70. The second kappa shape index (κ2) is 4.74. The summed E-state index contributed by atoms with van der Waals surface area (Å²) in [5.74, 6) is 0.128. The summed E-state index contributed by atoms with van der Waals surface area (Å²) in [6.45, 7) is 2.78. The van der Waals surface area contributed by atoms with Gasteiger partial charge < -0.3 is 15.5 Å². The Labute approximate surface area is 100.0 Å². The molecule has 0 aliphatic rings. The van der Waals surface area contributed by atoms with Crippen molar-refractivity contribution in [3.05, 3.63) is 59.4 Å². The van der Waals surface area contributed by atoms with E-state index in [1.54, 1.807) is 0 Å². The summed E-state index contributed by atoms with van der Waals surface area (Å²) in [5.41, 5.74) is 8.78. The second-order valence-corrected chi connectivity index (χ2v) is 3.93. The molecule has 0 atom stereocenters. The SMILES string of the molecule is Cc1ccccc1Cn1cccc1/C(N)=N/O. The summed E-state index contributed by atoms with van der Waals surface area (Å²) in [7, 11) is 0. The maximum atomic E-state index is 8.70. The summed E-state index contributed by atoms with van der Waals surface area (Å²) in [4.78, 5) is 0. The standard InChI is InChI=1S/C13H15N3O/c1-10-5-2-3-6-11(10)9-16-8-4-7-12(16)13(14)15-17/h2-8,17H,9H2,1H3,(H2,14,15). The van der Waals surface area contributed by atoms with Crippen molar-refractivity contribution in [2.24, 2.45) is 10.9 Å². The Hall–Kier alpha value is -2.23. The Kier molecular flexibility index (Phi) is 3.14. The molecule has 1 aromatic heterocycles. The van der Waals surface area contributed by atoms with Crippen LogP contribution in [-0.2, 0) is 6.54 Å². The van der Waals surface area contributed by atoms with Crippen LogP contribution >= 0.6 is 0 Å². The molecule has 0 aliphatic heterocycles. The normalized spacial score (nSPS) is 11.7. The number of aryl methyl sites for hydroxylation is 1. The van der Waals surface area contributed by atoms with E-state index in [2.05, 4.69) is 24.2 Å². The van der Waals surface area contributed by atoms with E-state index >= 15 is 0 Å². The Balaban J connectivity index is 2.32. The van der Waals surface area contributed by atoms with E-state index in [1.165, 1.54) is 11.1 Å². The van der Waals surface area contributed by atoms with Gasteiger partial charge in [-0.05, 0) is 30.2 Å². The molecule has 0 unspecified atom stereocenters. The second-order valence-electron chi connectivity index (χ2n) is 3.93. The first-order valence-corrected chi connectivity index (χ1v) is 5.40. The molecular weight excluding hydrogens is 214 g/mol. The number of nitrogens with zero attached hydrogens (tertiary/aromatic N) is 2. The molecule has 0 bridgehead atoms. The molecule has 1 heterocycles. The van der Waals surface area contributed by atoms with Gasteiger partial charge in [0.1, 0.15) is 0 Å². The van der Waals surface area contributed by atoms with Crippen LogP contribution in [0, 0.1) is 6.92 Å². The van der Waals surface area contributed by atoms with Crippen LogP contribution in [-0.4, -0.2) is 15.6 Å². The van der Waals surface area contributed by atoms with E-state index in [0.29, 0.717) is 6.54 Å². The fraction of sp³-hybridized carbons (Fsp3) is 0.154. The van der Waals surface area contributed by atoms with Crippen molar-refractivity contribution < 1.29 is 5.21 Å². The van der Waals surface area contributed by atoms with Crippen LogP contribution in [0.25, 0.3) is 0 Å². The highest BCUT2D eigenvalue weighted by atomic mass is 16.4. The van der Waals surface area contributed by atoms with Crippen LogP contribution in [0.15, 0.2) is 47.8 Å². The third-order valence-corrected chi connectivity index (χ3v) is 2.80. The molecule has 0 amide bonds. The van der Waals surface area contributed by atoms with E-state index in [4.69, 9.17) is 10.9 Å². The average molecular weight is 229 g/mol. The molecule has 17 heavy (non-hydrogen) atoms. The minimum absolute atomic E-state index is 0.128. The van der Waals surface area contributed by atoms with Gasteiger partial charge in [-0.25, -0.2) is 0 Å². The molecule has 3 N–H and O–H groups in total. The number of nitrogens with two attached hydrogens (primary N) is 1. The van der Waals surface area contributed by atoms with Gasteiger partial charge in [0.05, 0.1) is 5.69 Å². The van der Waals surface area contributed by atoms with Gasteiger partial charge in [-0.15, -0.1) is 0 Å². The van der Waals surface area contributed by atoms with Crippen molar-refractivity contribution in [1.29, 1.82) is 0 Å². The fourth-order valence-corrected chi connectivity index (χ4v) is 1.81. The maximum Gasteiger partial charge on any atom is 0.186 e. The van der Waals surface area contributed by atoms with Gasteiger partial charge in [-0.1, -0.05) is 29.4 Å². The lowest BCUT2D eigenvalue weighted by atomic mass is 10.1. The molecule has 4 nitrogen and oxygen atoms in total. The van der Waals surface area contributed by atoms with Crippen LogP contribution in [0.4, 0.5) is 0 Å². The number of oxime groups is 1. The van der Waals surface area contributed by atoms with Gasteiger partial charge in [0, 0.05) is 12.7 Å².